The van der Waals surface area contributed by atoms with Crippen molar-refractivity contribution in [3.63, 3.8) is 0 Å². The van der Waals surface area contributed by atoms with Crippen LogP contribution in [0.25, 0.3) is 0 Å². The van der Waals surface area contributed by atoms with Gasteiger partial charge in [-0.15, -0.1) is 0 Å². The first-order valence-electron chi connectivity index (χ1n) is 17.1. The molecule has 0 aromatic carbocycles. The average molecular weight is 579 g/mol. The molecule has 2 heterocycles. The second kappa shape index (κ2) is 22.2. The number of carbonyl (C=O) groups excluding carboxylic acids is 1. The summed E-state index contributed by atoms with van der Waals surface area (Å²) in [4.78, 5) is 12.0. The van der Waals surface area contributed by atoms with Crippen molar-refractivity contribution in [3.8, 4) is 0 Å². The maximum absolute atomic E-state index is 12.0. The van der Waals surface area contributed by atoms with Crippen molar-refractivity contribution in [1.82, 2.24) is 0 Å². The Morgan fingerprint density at radius 3 is 1.76 bits per heavy atom. The average Bonchev–Trinajstić information content (AvgIpc) is 2.91. The van der Waals surface area contributed by atoms with Crippen LogP contribution in [0, 0.1) is 5.92 Å². The SMILES string of the molecule is CC/C=C/CC1OC(CCCCC)CCC1OC(=O)OC(C)(C)C.CC/C=C/C[C@@H]1O[C@@H](CCCCC)CC[C@@H]1C. The molecule has 0 bridgehead atoms. The van der Waals surface area contributed by atoms with Crippen molar-refractivity contribution in [2.24, 2.45) is 5.92 Å². The van der Waals surface area contributed by atoms with E-state index in [1.165, 1.54) is 57.8 Å². The highest BCUT2D eigenvalue weighted by atomic mass is 16.7. The molecular weight excluding hydrogens is 512 g/mol. The first-order chi connectivity index (χ1) is 19.6. The monoisotopic (exact) mass is 578 g/mol. The lowest BCUT2D eigenvalue weighted by molar-refractivity contribution is -0.134. The first-order valence-corrected chi connectivity index (χ1v) is 17.1. The number of hydrogen-bond acceptors (Lipinski definition) is 5. The third-order valence-corrected chi connectivity index (χ3v) is 7.94. The van der Waals surface area contributed by atoms with E-state index in [4.69, 9.17) is 18.9 Å². The standard InChI is InChI=1S/C20H36O4.C16H30O/c1-6-8-10-12-16-14-15-18(17(22-16)13-11-9-7-2)23-19(21)24-20(3,4)5;1-4-6-8-10-15-13-12-14(3)16(17-15)11-9-7-5-2/h9,11,16-18H,6-8,10,12-15H2,1-5H3;7,9,14-16H,4-6,8,10-13H2,1-3H3/b11-9+;9-7+/t;14-,15-,16-/m.0/s1. The van der Waals surface area contributed by atoms with Crippen LogP contribution in [0.3, 0.4) is 0 Å². The van der Waals surface area contributed by atoms with E-state index in [0.29, 0.717) is 12.2 Å². The van der Waals surface area contributed by atoms with Gasteiger partial charge in [-0.25, -0.2) is 4.79 Å². The zero-order valence-electron chi connectivity index (χ0n) is 28.1. The van der Waals surface area contributed by atoms with Gasteiger partial charge in [-0.05, 0) is 90.9 Å². The molecule has 0 N–H and O–H groups in total. The molecule has 0 aromatic rings. The lowest BCUT2D eigenvalue weighted by atomic mass is 9.90. The van der Waals surface area contributed by atoms with E-state index >= 15 is 0 Å². The molecule has 0 spiro atoms. The Kier molecular flexibility index (Phi) is 20.4. The van der Waals surface area contributed by atoms with Crippen LogP contribution in [-0.2, 0) is 18.9 Å². The molecule has 0 aromatic heterocycles. The topological polar surface area (TPSA) is 54.0 Å². The largest absolute Gasteiger partial charge is 0.509 e. The van der Waals surface area contributed by atoms with E-state index in [1.807, 2.05) is 20.8 Å². The summed E-state index contributed by atoms with van der Waals surface area (Å²) in [6, 6.07) is 0. The smallest absolute Gasteiger partial charge is 0.429 e. The normalized spacial score (nSPS) is 27.0. The van der Waals surface area contributed by atoms with E-state index in [2.05, 4.69) is 58.9 Å². The highest BCUT2D eigenvalue weighted by molar-refractivity contribution is 5.60. The molecule has 6 atom stereocenters. The first kappa shape index (κ1) is 37.7. The predicted molar refractivity (Wildman–Crippen MR) is 172 cm³/mol. The van der Waals surface area contributed by atoms with Gasteiger partial charge in [0.25, 0.3) is 0 Å². The molecule has 240 valence electrons. The number of hydrogen-bond donors (Lipinski definition) is 0. The molecule has 0 radical (unpaired) electrons. The van der Waals surface area contributed by atoms with Gasteiger partial charge in [-0.1, -0.05) is 97.4 Å². The highest BCUT2D eigenvalue weighted by Crippen LogP contribution is 2.30. The summed E-state index contributed by atoms with van der Waals surface area (Å²) in [6.45, 7) is 16.7. The summed E-state index contributed by atoms with van der Waals surface area (Å²) in [5.41, 5.74) is -0.535. The molecule has 2 aliphatic rings. The van der Waals surface area contributed by atoms with E-state index in [9.17, 15) is 4.79 Å². The van der Waals surface area contributed by atoms with Crippen LogP contribution in [-0.4, -0.2) is 42.3 Å². The van der Waals surface area contributed by atoms with Crippen molar-refractivity contribution in [2.75, 3.05) is 0 Å². The van der Waals surface area contributed by atoms with Gasteiger partial charge in [0.1, 0.15) is 11.7 Å². The Morgan fingerprint density at radius 2 is 1.24 bits per heavy atom. The fourth-order valence-electron chi connectivity index (χ4n) is 5.51. The fraction of sp³-hybridized carbons (Fsp3) is 0.861. The van der Waals surface area contributed by atoms with Crippen molar-refractivity contribution in [1.29, 1.82) is 0 Å². The summed E-state index contributed by atoms with van der Waals surface area (Å²) < 4.78 is 23.3. The van der Waals surface area contributed by atoms with Gasteiger partial charge in [0.05, 0.1) is 24.4 Å². The number of unbranched alkanes of at least 4 members (excludes halogenated alkanes) is 4. The van der Waals surface area contributed by atoms with E-state index < -0.39 is 11.8 Å². The van der Waals surface area contributed by atoms with Gasteiger partial charge in [-0.2, -0.15) is 0 Å². The number of rotatable bonds is 15. The Balaban J connectivity index is 0.000000435. The molecule has 2 rings (SSSR count). The summed E-state index contributed by atoms with van der Waals surface area (Å²) >= 11 is 0. The van der Waals surface area contributed by atoms with Crippen LogP contribution in [0.5, 0.6) is 0 Å². The summed E-state index contributed by atoms with van der Waals surface area (Å²) in [6.07, 6.45) is 27.8. The van der Waals surface area contributed by atoms with Crippen LogP contribution in [0.2, 0.25) is 0 Å². The van der Waals surface area contributed by atoms with Crippen LogP contribution in [0.15, 0.2) is 24.3 Å². The van der Waals surface area contributed by atoms with Crippen LogP contribution >= 0.6 is 0 Å². The molecule has 0 saturated carbocycles. The highest BCUT2D eigenvalue weighted by Gasteiger charge is 2.34. The van der Waals surface area contributed by atoms with Gasteiger partial charge >= 0.3 is 6.16 Å². The second-order valence-corrected chi connectivity index (χ2v) is 13.1. The third-order valence-electron chi connectivity index (χ3n) is 7.94. The zero-order valence-corrected chi connectivity index (χ0v) is 28.1. The van der Waals surface area contributed by atoms with Gasteiger partial charge in [0, 0.05) is 0 Å². The van der Waals surface area contributed by atoms with Crippen molar-refractivity contribution in [3.05, 3.63) is 24.3 Å². The lowest BCUT2D eigenvalue weighted by Gasteiger charge is -2.36. The van der Waals surface area contributed by atoms with Gasteiger partial charge in [-0.3, -0.25) is 0 Å². The lowest BCUT2D eigenvalue weighted by Crippen LogP contribution is -2.42. The van der Waals surface area contributed by atoms with Gasteiger partial charge in [0.15, 0.2) is 0 Å². The molecule has 2 fully saturated rings. The minimum absolute atomic E-state index is 0.0688. The van der Waals surface area contributed by atoms with E-state index in [1.54, 1.807) is 0 Å². The number of allylic oxidation sites excluding steroid dienone is 2. The minimum atomic E-state index is -0.593. The summed E-state index contributed by atoms with van der Waals surface area (Å²) in [7, 11) is 0. The molecule has 0 aliphatic carbocycles. The Bertz CT molecular complexity index is 709. The number of ether oxygens (including phenoxy) is 4. The van der Waals surface area contributed by atoms with Crippen LogP contribution in [0.4, 0.5) is 4.79 Å². The predicted octanol–water partition coefficient (Wildman–Crippen LogP) is 10.9. The van der Waals surface area contributed by atoms with Crippen molar-refractivity contribution < 1.29 is 23.7 Å². The van der Waals surface area contributed by atoms with Crippen molar-refractivity contribution in [2.45, 2.75) is 194 Å². The Hall–Kier alpha value is -1.33. The molecule has 2 aliphatic heterocycles. The molecule has 5 nitrogen and oxygen atoms in total. The van der Waals surface area contributed by atoms with Gasteiger partial charge < -0.3 is 18.9 Å². The Labute approximate surface area is 254 Å². The molecule has 41 heavy (non-hydrogen) atoms. The molecule has 3 unspecified atom stereocenters. The van der Waals surface area contributed by atoms with Crippen LogP contribution in [0.1, 0.15) is 158 Å². The third kappa shape index (κ3) is 18.1. The fourth-order valence-corrected chi connectivity index (χ4v) is 5.51. The van der Waals surface area contributed by atoms with Crippen molar-refractivity contribution >= 4 is 6.16 Å². The molecule has 5 heteroatoms. The summed E-state index contributed by atoms with van der Waals surface area (Å²) in [5.74, 6) is 0.735. The molecule has 2 saturated heterocycles. The van der Waals surface area contributed by atoms with Gasteiger partial charge in [0.2, 0.25) is 0 Å². The summed E-state index contributed by atoms with van der Waals surface area (Å²) in [5, 5.41) is 0. The van der Waals surface area contributed by atoms with E-state index in [-0.39, 0.29) is 18.3 Å². The maximum atomic E-state index is 12.0. The van der Waals surface area contributed by atoms with Crippen LogP contribution < -0.4 is 0 Å². The molecular formula is C36H66O5. The second-order valence-electron chi connectivity index (χ2n) is 13.1. The number of carbonyl (C=O) groups is 1. The molecule has 0 amide bonds. The maximum Gasteiger partial charge on any atom is 0.509 e. The minimum Gasteiger partial charge on any atom is -0.429 e. The quantitative estimate of drug-likeness (QED) is 0.110. The Morgan fingerprint density at radius 1 is 0.732 bits per heavy atom. The zero-order chi connectivity index (χ0) is 30.5. The van der Waals surface area contributed by atoms with E-state index in [0.717, 1.165) is 50.9 Å².